The molecule has 0 amide bonds. The van der Waals surface area contributed by atoms with Crippen LogP contribution >= 0.6 is 0 Å². The van der Waals surface area contributed by atoms with Crippen LogP contribution in [0.2, 0.25) is 0 Å². The minimum atomic E-state index is 0.692. The molecule has 0 bridgehead atoms. The number of benzene rings is 1. The van der Waals surface area contributed by atoms with Crippen LogP contribution in [0.4, 0.5) is 0 Å². The van der Waals surface area contributed by atoms with Crippen LogP contribution in [0.15, 0.2) is 24.3 Å². The first-order valence-electron chi connectivity index (χ1n) is 8.07. The first kappa shape index (κ1) is 14.5. The number of fused-ring (bicyclic) bond motifs is 1. The summed E-state index contributed by atoms with van der Waals surface area (Å²) in [6, 6.07) is 8.32. The predicted molar refractivity (Wildman–Crippen MR) is 87.3 cm³/mol. The average Bonchev–Trinajstić information content (AvgIpc) is 3.09. The Balaban J connectivity index is 1.50. The van der Waals surface area contributed by atoms with Crippen molar-refractivity contribution in [2.75, 3.05) is 26.2 Å². The maximum absolute atomic E-state index is 4.70. The van der Waals surface area contributed by atoms with Crippen LogP contribution in [0, 0.1) is 5.92 Å². The number of aryl methyl sites for hydroxylation is 1. The lowest BCUT2D eigenvalue weighted by Gasteiger charge is -2.20. The molecule has 0 radical (unpaired) electrons. The molecule has 0 saturated carbocycles. The van der Waals surface area contributed by atoms with E-state index < -0.39 is 0 Å². The first-order chi connectivity index (χ1) is 10.2. The van der Waals surface area contributed by atoms with E-state index in [4.69, 9.17) is 4.98 Å². The van der Waals surface area contributed by atoms with E-state index in [1.165, 1.54) is 38.0 Å². The van der Waals surface area contributed by atoms with Crippen LogP contribution in [0.1, 0.15) is 25.6 Å². The lowest BCUT2D eigenvalue weighted by atomic mass is 10.1. The highest BCUT2D eigenvalue weighted by Gasteiger charge is 2.14. The van der Waals surface area contributed by atoms with Crippen LogP contribution < -0.4 is 5.32 Å². The second-order valence-corrected chi connectivity index (χ2v) is 6.32. The van der Waals surface area contributed by atoms with Crippen LogP contribution in [-0.4, -0.2) is 40.6 Å². The number of hydrogen-bond donors (Lipinski definition) is 1. The van der Waals surface area contributed by atoms with Crippen LogP contribution in [0.3, 0.4) is 0 Å². The monoisotopic (exact) mass is 286 g/mol. The maximum Gasteiger partial charge on any atom is 0.123 e. The number of nitrogens with zero attached hydrogens (tertiary/aromatic N) is 3. The van der Waals surface area contributed by atoms with Gasteiger partial charge in [0.25, 0.3) is 0 Å². The standard InChI is InChI=1S/C17H26N4/c1-14(13-21-9-5-6-10-21)11-18-12-17-19-15-7-3-4-8-16(15)20(17)2/h3-4,7-8,14,18H,5-6,9-13H2,1-2H3. The maximum atomic E-state index is 4.70. The van der Waals surface area contributed by atoms with Gasteiger partial charge in [-0.3, -0.25) is 0 Å². The molecule has 1 unspecified atom stereocenters. The molecule has 2 heterocycles. The van der Waals surface area contributed by atoms with Gasteiger partial charge in [0.15, 0.2) is 0 Å². The topological polar surface area (TPSA) is 33.1 Å². The molecule has 4 heteroatoms. The van der Waals surface area contributed by atoms with E-state index >= 15 is 0 Å². The largest absolute Gasteiger partial charge is 0.330 e. The third-order valence-corrected chi connectivity index (χ3v) is 4.42. The third-order valence-electron chi connectivity index (χ3n) is 4.42. The fourth-order valence-corrected chi connectivity index (χ4v) is 3.25. The molecule has 1 aliphatic rings. The molecule has 1 aromatic heterocycles. The summed E-state index contributed by atoms with van der Waals surface area (Å²) in [4.78, 5) is 7.29. The van der Waals surface area contributed by atoms with E-state index in [2.05, 4.69) is 47.0 Å². The van der Waals surface area contributed by atoms with Gasteiger partial charge in [-0.05, 0) is 50.5 Å². The smallest absolute Gasteiger partial charge is 0.123 e. The Kier molecular flexibility index (Phi) is 4.56. The van der Waals surface area contributed by atoms with Gasteiger partial charge >= 0.3 is 0 Å². The Morgan fingerprint density at radius 2 is 2.00 bits per heavy atom. The summed E-state index contributed by atoms with van der Waals surface area (Å²) < 4.78 is 2.19. The number of nitrogens with one attached hydrogen (secondary N) is 1. The van der Waals surface area contributed by atoms with Gasteiger partial charge in [0, 0.05) is 13.6 Å². The van der Waals surface area contributed by atoms with Crippen LogP contribution in [0.5, 0.6) is 0 Å². The van der Waals surface area contributed by atoms with Gasteiger partial charge in [-0.1, -0.05) is 19.1 Å². The Labute approximate surface area is 127 Å². The molecule has 1 N–H and O–H groups in total. The summed E-state index contributed by atoms with van der Waals surface area (Å²) >= 11 is 0. The molecule has 0 aliphatic carbocycles. The molecule has 1 aromatic carbocycles. The van der Waals surface area contributed by atoms with Crippen LogP contribution in [0.25, 0.3) is 11.0 Å². The zero-order valence-electron chi connectivity index (χ0n) is 13.2. The van der Waals surface area contributed by atoms with Gasteiger partial charge < -0.3 is 14.8 Å². The van der Waals surface area contributed by atoms with E-state index in [0.717, 1.165) is 24.4 Å². The zero-order valence-corrected chi connectivity index (χ0v) is 13.2. The molecule has 1 saturated heterocycles. The van der Waals surface area contributed by atoms with E-state index in [0.29, 0.717) is 5.92 Å². The molecule has 1 atom stereocenters. The summed E-state index contributed by atoms with van der Waals surface area (Å²) in [7, 11) is 2.10. The molecule has 0 spiro atoms. The predicted octanol–water partition coefficient (Wildman–Crippen LogP) is 2.39. The second kappa shape index (κ2) is 6.58. The lowest BCUT2D eigenvalue weighted by molar-refractivity contribution is 0.282. The minimum absolute atomic E-state index is 0.692. The van der Waals surface area contributed by atoms with Gasteiger partial charge in [0.1, 0.15) is 5.82 Å². The first-order valence-corrected chi connectivity index (χ1v) is 8.07. The van der Waals surface area contributed by atoms with Crippen molar-refractivity contribution in [3.05, 3.63) is 30.1 Å². The Morgan fingerprint density at radius 1 is 1.24 bits per heavy atom. The molecule has 2 aromatic rings. The molecule has 3 rings (SSSR count). The van der Waals surface area contributed by atoms with Crippen molar-refractivity contribution in [2.24, 2.45) is 13.0 Å². The molecule has 4 nitrogen and oxygen atoms in total. The normalized spacial score (nSPS) is 17.6. The Hall–Kier alpha value is -1.39. The van der Waals surface area contributed by atoms with Crippen molar-refractivity contribution in [1.29, 1.82) is 0 Å². The summed E-state index contributed by atoms with van der Waals surface area (Å²) in [6.07, 6.45) is 2.75. The number of hydrogen-bond acceptors (Lipinski definition) is 3. The highest BCUT2D eigenvalue weighted by molar-refractivity contribution is 5.75. The molecular weight excluding hydrogens is 260 g/mol. The van der Waals surface area contributed by atoms with E-state index in [1.54, 1.807) is 0 Å². The second-order valence-electron chi connectivity index (χ2n) is 6.32. The van der Waals surface area contributed by atoms with Gasteiger partial charge in [-0.2, -0.15) is 0 Å². The summed E-state index contributed by atoms with van der Waals surface area (Å²) in [5.74, 6) is 1.81. The van der Waals surface area contributed by atoms with E-state index in [9.17, 15) is 0 Å². The van der Waals surface area contributed by atoms with Crippen LogP contribution in [-0.2, 0) is 13.6 Å². The fourth-order valence-electron chi connectivity index (χ4n) is 3.25. The number of imidazole rings is 1. The van der Waals surface area contributed by atoms with Crippen molar-refractivity contribution in [1.82, 2.24) is 19.8 Å². The lowest BCUT2D eigenvalue weighted by Crippen LogP contribution is -2.31. The average molecular weight is 286 g/mol. The highest BCUT2D eigenvalue weighted by Crippen LogP contribution is 2.14. The van der Waals surface area contributed by atoms with Gasteiger partial charge in [0.05, 0.1) is 17.6 Å². The van der Waals surface area contributed by atoms with Crippen molar-refractivity contribution in [3.8, 4) is 0 Å². The van der Waals surface area contributed by atoms with Gasteiger partial charge in [0.2, 0.25) is 0 Å². The van der Waals surface area contributed by atoms with Gasteiger partial charge in [-0.25, -0.2) is 4.98 Å². The fraction of sp³-hybridized carbons (Fsp3) is 0.588. The Bertz CT molecular complexity index is 583. The summed E-state index contributed by atoms with van der Waals surface area (Å²) in [5.41, 5.74) is 2.29. The summed E-state index contributed by atoms with van der Waals surface area (Å²) in [6.45, 7) is 8.02. The molecule has 21 heavy (non-hydrogen) atoms. The van der Waals surface area contributed by atoms with E-state index in [-0.39, 0.29) is 0 Å². The quantitative estimate of drug-likeness (QED) is 0.885. The highest BCUT2D eigenvalue weighted by atomic mass is 15.1. The number of rotatable bonds is 6. The van der Waals surface area contributed by atoms with E-state index in [1.807, 2.05) is 6.07 Å². The number of para-hydroxylation sites is 2. The van der Waals surface area contributed by atoms with Gasteiger partial charge in [-0.15, -0.1) is 0 Å². The molecule has 1 aliphatic heterocycles. The molecular formula is C17H26N4. The number of aromatic nitrogens is 2. The van der Waals surface area contributed by atoms with Crippen molar-refractivity contribution >= 4 is 11.0 Å². The SMILES string of the molecule is CC(CNCc1nc2ccccc2n1C)CN1CCCC1. The van der Waals surface area contributed by atoms with Crippen molar-refractivity contribution in [2.45, 2.75) is 26.3 Å². The summed E-state index contributed by atoms with van der Waals surface area (Å²) in [5, 5.41) is 3.57. The zero-order chi connectivity index (χ0) is 14.7. The minimum Gasteiger partial charge on any atom is -0.330 e. The number of likely N-dealkylation sites (tertiary alicyclic amines) is 1. The van der Waals surface area contributed by atoms with Crippen molar-refractivity contribution < 1.29 is 0 Å². The van der Waals surface area contributed by atoms with Crippen molar-refractivity contribution in [3.63, 3.8) is 0 Å². The molecule has 114 valence electrons. The Morgan fingerprint density at radius 3 is 2.76 bits per heavy atom. The molecule has 1 fully saturated rings. The third kappa shape index (κ3) is 3.44.